The van der Waals surface area contributed by atoms with E-state index in [1.165, 1.54) is 25.3 Å². The summed E-state index contributed by atoms with van der Waals surface area (Å²) in [4.78, 5) is 23.5. The van der Waals surface area contributed by atoms with E-state index in [2.05, 4.69) is 15.4 Å². The number of rotatable bonds is 10. The molecule has 0 aliphatic carbocycles. The first-order chi connectivity index (χ1) is 13.5. The van der Waals surface area contributed by atoms with Gasteiger partial charge in [-0.25, -0.2) is 0 Å². The summed E-state index contributed by atoms with van der Waals surface area (Å²) in [5, 5.41) is 5.04. The largest absolute Gasteiger partial charge is 0.493 e. The molecule has 0 aliphatic heterocycles. The summed E-state index contributed by atoms with van der Waals surface area (Å²) in [6, 6.07) is 13.1. The Morgan fingerprint density at radius 1 is 1.00 bits per heavy atom. The predicted molar refractivity (Wildman–Crippen MR) is 96.4 cm³/mol. The van der Waals surface area contributed by atoms with Gasteiger partial charge in [0.25, 0.3) is 5.91 Å². The zero-order chi connectivity index (χ0) is 20.4. The molecule has 0 atom stereocenters. The summed E-state index contributed by atoms with van der Waals surface area (Å²) in [5.74, 6) is -0.277. The Morgan fingerprint density at radius 3 is 2.43 bits per heavy atom. The fourth-order valence-electron chi connectivity index (χ4n) is 2.17. The maximum atomic E-state index is 12.3. The molecule has 9 heteroatoms. The van der Waals surface area contributed by atoms with Crippen LogP contribution in [0.25, 0.3) is 0 Å². The van der Waals surface area contributed by atoms with Gasteiger partial charge in [0.1, 0.15) is 5.75 Å². The Kier molecular flexibility index (Phi) is 8.01. The monoisotopic (exact) mass is 394 g/mol. The standard InChI is InChI=1S/C19H20F2N2O5/c1-26-16-9-13(7-8-15(16)28-19(20)21)10-22-17(24)11-23-18(25)12-27-14-5-3-2-4-6-14/h2-9,19H,10-12H2,1H3,(H,22,24)(H,23,25). The Hall–Kier alpha value is -3.36. The predicted octanol–water partition coefficient (Wildman–Crippen LogP) is 2.11. The van der Waals surface area contributed by atoms with Crippen molar-refractivity contribution in [2.75, 3.05) is 20.3 Å². The second-order valence-corrected chi connectivity index (χ2v) is 5.52. The summed E-state index contributed by atoms with van der Waals surface area (Å²) in [6.07, 6.45) is 0. The van der Waals surface area contributed by atoms with Crippen LogP contribution in [-0.2, 0) is 16.1 Å². The number of ether oxygens (including phenoxy) is 3. The van der Waals surface area contributed by atoms with Crippen molar-refractivity contribution in [2.45, 2.75) is 13.2 Å². The zero-order valence-electron chi connectivity index (χ0n) is 15.1. The van der Waals surface area contributed by atoms with Gasteiger partial charge in [0.15, 0.2) is 18.1 Å². The number of benzene rings is 2. The van der Waals surface area contributed by atoms with Crippen molar-refractivity contribution in [2.24, 2.45) is 0 Å². The number of methoxy groups -OCH3 is 1. The van der Waals surface area contributed by atoms with Crippen molar-refractivity contribution in [3.8, 4) is 17.2 Å². The van der Waals surface area contributed by atoms with E-state index in [1.54, 1.807) is 24.3 Å². The van der Waals surface area contributed by atoms with Gasteiger partial charge < -0.3 is 24.8 Å². The normalized spacial score (nSPS) is 10.3. The Bertz CT molecular complexity index is 787. The smallest absolute Gasteiger partial charge is 0.387 e. The molecular formula is C19H20F2N2O5. The number of halogens is 2. The van der Waals surface area contributed by atoms with Gasteiger partial charge >= 0.3 is 6.61 Å². The van der Waals surface area contributed by atoms with Crippen LogP contribution in [0.4, 0.5) is 8.78 Å². The molecule has 0 heterocycles. The fourth-order valence-corrected chi connectivity index (χ4v) is 2.17. The van der Waals surface area contributed by atoms with E-state index < -0.39 is 18.4 Å². The number of amides is 2. The van der Waals surface area contributed by atoms with Crippen LogP contribution in [0.5, 0.6) is 17.2 Å². The van der Waals surface area contributed by atoms with Gasteiger partial charge in [-0.1, -0.05) is 24.3 Å². The Balaban J connectivity index is 1.73. The van der Waals surface area contributed by atoms with E-state index in [0.717, 1.165) is 0 Å². The molecule has 0 spiro atoms. The van der Waals surface area contributed by atoms with Gasteiger partial charge in [-0.05, 0) is 29.8 Å². The molecule has 2 amide bonds. The molecule has 0 saturated heterocycles. The third-order valence-electron chi connectivity index (χ3n) is 3.49. The third kappa shape index (κ3) is 7.10. The van der Waals surface area contributed by atoms with E-state index in [9.17, 15) is 18.4 Å². The van der Waals surface area contributed by atoms with Crippen molar-refractivity contribution in [3.63, 3.8) is 0 Å². The number of carbonyl (C=O) groups is 2. The molecule has 2 aromatic rings. The van der Waals surface area contributed by atoms with E-state index in [4.69, 9.17) is 9.47 Å². The number of hydrogen-bond donors (Lipinski definition) is 2. The number of para-hydroxylation sites is 1. The van der Waals surface area contributed by atoms with E-state index in [1.807, 2.05) is 6.07 Å². The first kappa shape index (κ1) is 20.9. The van der Waals surface area contributed by atoms with E-state index in [-0.39, 0.29) is 31.2 Å². The minimum atomic E-state index is -2.96. The molecule has 0 bridgehead atoms. The lowest BCUT2D eigenvalue weighted by Gasteiger charge is -2.12. The van der Waals surface area contributed by atoms with Gasteiger partial charge in [0.2, 0.25) is 5.91 Å². The minimum absolute atomic E-state index is 0.0988. The topological polar surface area (TPSA) is 85.9 Å². The van der Waals surface area contributed by atoms with Crippen LogP contribution in [0.2, 0.25) is 0 Å². The van der Waals surface area contributed by atoms with Crippen molar-refractivity contribution in [3.05, 3.63) is 54.1 Å². The van der Waals surface area contributed by atoms with Crippen LogP contribution >= 0.6 is 0 Å². The molecule has 28 heavy (non-hydrogen) atoms. The lowest BCUT2D eigenvalue weighted by atomic mass is 10.2. The molecule has 0 radical (unpaired) electrons. The average Bonchev–Trinajstić information content (AvgIpc) is 2.70. The van der Waals surface area contributed by atoms with Crippen molar-refractivity contribution in [1.82, 2.24) is 10.6 Å². The molecule has 0 fully saturated rings. The lowest BCUT2D eigenvalue weighted by Crippen LogP contribution is -2.38. The van der Waals surface area contributed by atoms with Crippen LogP contribution in [0.1, 0.15) is 5.56 Å². The highest BCUT2D eigenvalue weighted by molar-refractivity contribution is 5.85. The Morgan fingerprint density at radius 2 is 1.75 bits per heavy atom. The number of carbonyl (C=O) groups excluding carboxylic acids is 2. The van der Waals surface area contributed by atoms with Crippen LogP contribution in [-0.4, -0.2) is 38.7 Å². The summed E-state index contributed by atoms with van der Waals surface area (Å²) in [5.41, 5.74) is 0.616. The summed E-state index contributed by atoms with van der Waals surface area (Å²) in [6.45, 7) is -3.27. The second kappa shape index (κ2) is 10.7. The van der Waals surface area contributed by atoms with E-state index in [0.29, 0.717) is 11.3 Å². The molecule has 2 N–H and O–H groups in total. The molecule has 2 aromatic carbocycles. The zero-order valence-corrected chi connectivity index (χ0v) is 15.1. The summed E-state index contributed by atoms with van der Waals surface area (Å²) >= 11 is 0. The van der Waals surface area contributed by atoms with Crippen LogP contribution in [0, 0.1) is 0 Å². The second-order valence-electron chi connectivity index (χ2n) is 5.52. The first-order valence-corrected chi connectivity index (χ1v) is 8.31. The fraction of sp³-hybridized carbons (Fsp3) is 0.263. The van der Waals surface area contributed by atoms with Crippen molar-refractivity contribution in [1.29, 1.82) is 0 Å². The van der Waals surface area contributed by atoms with Crippen LogP contribution < -0.4 is 24.8 Å². The molecule has 150 valence electrons. The lowest BCUT2D eigenvalue weighted by molar-refractivity contribution is -0.127. The molecule has 0 saturated carbocycles. The van der Waals surface area contributed by atoms with Gasteiger partial charge in [0, 0.05) is 6.54 Å². The maximum Gasteiger partial charge on any atom is 0.387 e. The maximum absolute atomic E-state index is 12.3. The van der Waals surface area contributed by atoms with Crippen molar-refractivity contribution >= 4 is 11.8 Å². The quantitative estimate of drug-likeness (QED) is 0.645. The Labute approximate surface area is 160 Å². The molecule has 7 nitrogen and oxygen atoms in total. The highest BCUT2D eigenvalue weighted by Gasteiger charge is 2.12. The van der Waals surface area contributed by atoms with Crippen LogP contribution in [0.3, 0.4) is 0 Å². The molecule has 0 unspecified atom stereocenters. The van der Waals surface area contributed by atoms with Gasteiger partial charge in [-0.2, -0.15) is 8.78 Å². The summed E-state index contributed by atoms with van der Waals surface area (Å²) in [7, 11) is 1.32. The van der Waals surface area contributed by atoms with Crippen LogP contribution in [0.15, 0.2) is 48.5 Å². The number of nitrogens with one attached hydrogen (secondary N) is 2. The van der Waals surface area contributed by atoms with E-state index >= 15 is 0 Å². The third-order valence-corrected chi connectivity index (χ3v) is 3.49. The highest BCUT2D eigenvalue weighted by atomic mass is 19.3. The summed E-state index contributed by atoms with van der Waals surface area (Å²) < 4.78 is 39.2. The number of hydrogen-bond acceptors (Lipinski definition) is 5. The van der Waals surface area contributed by atoms with Crippen molar-refractivity contribution < 1.29 is 32.6 Å². The molecule has 0 aliphatic rings. The van der Waals surface area contributed by atoms with Gasteiger partial charge in [0.05, 0.1) is 13.7 Å². The molecule has 2 rings (SSSR count). The molecular weight excluding hydrogens is 374 g/mol. The first-order valence-electron chi connectivity index (χ1n) is 8.31. The molecule has 0 aromatic heterocycles. The van der Waals surface area contributed by atoms with Gasteiger partial charge in [-0.3, -0.25) is 9.59 Å². The highest BCUT2D eigenvalue weighted by Crippen LogP contribution is 2.29. The SMILES string of the molecule is COc1cc(CNC(=O)CNC(=O)COc2ccccc2)ccc1OC(F)F. The minimum Gasteiger partial charge on any atom is -0.493 e. The number of alkyl halides is 2. The average molecular weight is 394 g/mol. The van der Waals surface area contributed by atoms with Gasteiger partial charge in [-0.15, -0.1) is 0 Å².